The number of carbonyl (C=O) groups is 2. The van der Waals surface area contributed by atoms with E-state index in [1.807, 2.05) is 49.6 Å². The molecule has 0 unspecified atom stereocenters. The second-order valence-corrected chi connectivity index (χ2v) is 11.1. The minimum Gasteiger partial charge on any atom is -0.465 e. The summed E-state index contributed by atoms with van der Waals surface area (Å²) in [5.41, 5.74) is 7.60. The standard InChI is InChI=1S/C31H27NO3S2/c1-18-10-13-21(14-11-18)16-24-22-7-5-6-8-26(22)37-28(24)29(33)32-30-27(31(34)35-4)25(17-36-30)23-15-19(2)9-12-20(23)3/h5-15,17H,16H2,1-4H3,(H,32,33). The quantitative estimate of drug-likeness (QED) is 0.227. The van der Waals surface area contributed by atoms with Crippen LogP contribution in [0.25, 0.3) is 21.2 Å². The minimum atomic E-state index is -0.469. The van der Waals surface area contributed by atoms with Gasteiger partial charge in [0.1, 0.15) is 10.6 Å². The number of benzene rings is 3. The van der Waals surface area contributed by atoms with Gasteiger partial charge >= 0.3 is 5.97 Å². The number of aryl methyl sites for hydroxylation is 3. The van der Waals surface area contributed by atoms with Crippen LogP contribution in [0, 0.1) is 20.8 Å². The molecule has 5 rings (SSSR count). The second-order valence-electron chi connectivity index (χ2n) is 9.19. The van der Waals surface area contributed by atoms with E-state index < -0.39 is 5.97 Å². The van der Waals surface area contributed by atoms with Crippen LogP contribution in [0.5, 0.6) is 0 Å². The molecule has 0 fully saturated rings. The SMILES string of the molecule is COC(=O)c1c(-c2cc(C)ccc2C)csc1NC(=O)c1sc2ccccc2c1Cc1ccc(C)cc1. The van der Waals surface area contributed by atoms with Gasteiger partial charge in [-0.25, -0.2) is 4.79 Å². The van der Waals surface area contributed by atoms with Gasteiger partial charge in [-0.3, -0.25) is 4.79 Å². The van der Waals surface area contributed by atoms with E-state index in [9.17, 15) is 9.59 Å². The first-order valence-corrected chi connectivity index (χ1v) is 13.7. The summed E-state index contributed by atoms with van der Waals surface area (Å²) in [6, 6.07) is 22.6. The Kier molecular flexibility index (Phi) is 6.96. The molecule has 5 aromatic rings. The third-order valence-electron chi connectivity index (χ3n) is 6.50. The molecule has 0 spiro atoms. The number of nitrogens with one attached hydrogen (secondary N) is 1. The number of fused-ring (bicyclic) bond motifs is 1. The van der Waals surface area contributed by atoms with Crippen LogP contribution in [-0.2, 0) is 11.2 Å². The van der Waals surface area contributed by atoms with Gasteiger partial charge in [0.05, 0.1) is 12.0 Å². The van der Waals surface area contributed by atoms with Gasteiger partial charge in [0.15, 0.2) is 0 Å². The van der Waals surface area contributed by atoms with Gasteiger partial charge in [-0.2, -0.15) is 0 Å². The summed E-state index contributed by atoms with van der Waals surface area (Å²) in [6.45, 7) is 6.10. The Balaban J connectivity index is 1.55. The minimum absolute atomic E-state index is 0.220. The lowest BCUT2D eigenvalue weighted by Crippen LogP contribution is -2.14. The van der Waals surface area contributed by atoms with Crippen LogP contribution in [0.15, 0.2) is 72.1 Å². The molecular formula is C31H27NO3S2. The molecule has 6 heteroatoms. The van der Waals surface area contributed by atoms with Gasteiger partial charge in [-0.15, -0.1) is 22.7 Å². The van der Waals surface area contributed by atoms with E-state index >= 15 is 0 Å². The van der Waals surface area contributed by atoms with E-state index in [-0.39, 0.29) is 5.91 Å². The molecule has 0 saturated carbocycles. The number of rotatable bonds is 6. The Labute approximate surface area is 224 Å². The van der Waals surface area contributed by atoms with Crippen molar-refractivity contribution in [2.45, 2.75) is 27.2 Å². The number of anilines is 1. The van der Waals surface area contributed by atoms with Crippen molar-refractivity contribution in [3.63, 3.8) is 0 Å². The van der Waals surface area contributed by atoms with Crippen LogP contribution in [-0.4, -0.2) is 19.0 Å². The third kappa shape index (κ3) is 4.95. The fourth-order valence-electron chi connectivity index (χ4n) is 4.51. The van der Waals surface area contributed by atoms with Gasteiger partial charge < -0.3 is 10.1 Å². The molecule has 1 amide bonds. The highest BCUT2D eigenvalue weighted by Crippen LogP contribution is 2.39. The maximum Gasteiger partial charge on any atom is 0.341 e. The summed E-state index contributed by atoms with van der Waals surface area (Å²) in [6.07, 6.45) is 0.648. The number of methoxy groups -OCH3 is 1. The monoisotopic (exact) mass is 525 g/mol. The molecule has 0 bridgehead atoms. The normalized spacial score (nSPS) is 11.0. The molecule has 0 radical (unpaired) electrons. The maximum absolute atomic E-state index is 13.7. The lowest BCUT2D eigenvalue weighted by molar-refractivity contribution is 0.0603. The molecule has 0 aliphatic heterocycles. The van der Waals surface area contributed by atoms with Crippen molar-refractivity contribution in [2.24, 2.45) is 0 Å². The average molecular weight is 526 g/mol. The van der Waals surface area contributed by atoms with Gasteiger partial charge in [0.25, 0.3) is 5.91 Å². The molecule has 37 heavy (non-hydrogen) atoms. The first-order valence-electron chi connectivity index (χ1n) is 12.0. The van der Waals surface area contributed by atoms with Crippen LogP contribution in [0.2, 0.25) is 0 Å². The van der Waals surface area contributed by atoms with E-state index in [4.69, 9.17) is 4.74 Å². The topological polar surface area (TPSA) is 55.4 Å². The molecule has 0 aliphatic carbocycles. The molecule has 1 N–H and O–H groups in total. The Morgan fingerprint density at radius 2 is 1.62 bits per heavy atom. The summed E-state index contributed by atoms with van der Waals surface area (Å²) in [7, 11) is 1.37. The van der Waals surface area contributed by atoms with Gasteiger partial charge in [-0.05, 0) is 60.9 Å². The summed E-state index contributed by atoms with van der Waals surface area (Å²) in [5, 5.41) is 6.54. The van der Waals surface area contributed by atoms with Crippen molar-refractivity contribution >= 4 is 49.6 Å². The van der Waals surface area contributed by atoms with E-state index in [0.29, 0.717) is 21.9 Å². The highest BCUT2D eigenvalue weighted by molar-refractivity contribution is 7.21. The van der Waals surface area contributed by atoms with Crippen LogP contribution >= 0.6 is 22.7 Å². The predicted molar refractivity (Wildman–Crippen MR) is 154 cm³/mol. The second kappa shape index (κ2) is 10.3. The number of thiophene rings is 2. The van der Waals surface area contributed by atoms with E-state index in [1.54, 1.807) is 0 Å². The molecule has 0 atom stereocenters. The fraction of sp³-hybridized carbons (Fsp3) is 0.161. The molecule has 2 heterocycles. The molecule has 3 aromatic carbocycles. The van der Waals surface area contributed by atoms with E-state index in [0.717, 1.165) is 43.5 Å². The predicted octanol–water partition coefficient (Wildman–Crippen LogP) is 8.18. The summed E-state index contributed by atoms with van der Waals surface area (Å²) >= 11 is 2.82. The smallest absolute Gasteiger partial charge is 0.341 e. The number of esters is 1. The zero-order valence-electron chi connectivity index (χ0n) is 21.2. The number of amides is 1. The van der Waals surface area contributed by atoms with E-state index in [1.165, 1.54) is 35.3 Å². The first kappa shape index (κ1) is 24.9. The number of hydrogen-bond acceptors (Lipinski definition) is 5. The maximum atomic E-state index is 13.7. The Bertz CT molecular complexity index is 1630. The molecule has 0 aliphatic rings. The largest absolute Gasteiger partial charge is 0.465 e. The lowest BCUT2D eigenvalue weighted by Gasteiger charge is -2.11. The number of carbonyl (C=O) groups excluding carboxylic acids is 2. The Morgan fingerprint density at radius 1 is 0.892 bits per heavy atom. The van der Waals surface area contributed by atoms with Gasteiger partial charge in [0, 0.05) is 15.6 Å². The van der Waals surface area contributed by atoms with Crippen molar-refractivity contribution in [1.29, 1.82) is 0 Å². The van der Waals surface area contributed by atoms with Gasteiger partial charge in [-0.1, -0.05) is 71.8 Å². The molecule has 4 nitrogen and oxygen atoms in total. The van der Waals surface area contributed by atoms with Crippen LogP contribution in [0.1, 0.15) is 47.8 Å². The number of hydrogen-bond donors (Lipinski definition) is 1. The number of ether oxygens (including phenoxy) is 1. The summed E-state index contributed by atoms with van der Waals surface area (Å²) < 4.78 is 6.19. The van der Waals surface area contributed by atoms with Crippen LogP contribution in [0.3, 0.4) is 0 Å². The van der Waals surface area contributed by atoms with Crippen molar-refractivity contribution in [1.82, 2.24) is 0 Å². The fourth-order valence-corrected chi connectivity index (χ4v) is 6.57. The van der Waals surface area contributed by atoms with Crippen molar-refractivity contribution in [3.05, 3.63) is 110 Å². The lowest BCUT2D eigenvalue weighted by atomic mass is 9.97. The van der Waals surface area contributed by atoms with Gasteiger partial charge in [0.2, 0.25) is 0 Å². The Hall–Kier alpha value is -3.74. The van der Waals surface area contributed by atoms with Crippen molar-refractivity contribution < 1.29 is 14.3 Å². The Morgan fingerprint density at radius 3 is 2.38 bits per heavy atom. The van der Waals surface area contributed by atoms with E-state index in [2.05, 4.69) is 48.6 Å². The van der Waals surface area contributed by atoms with Crippen molar-refractivity contribution in [3.8, 4) is 11.1 Å². The third-order valence-corrected chi connectivity index (χ3v) is 8.60. The summed E-state index contributed by atoms with van der Waals surface area (Å²) in [5.74, 6) is -0.688. The molecular weight excluding hydrogens is 498 g/mol. The zero-order valence-corrected chi connectivity index (χ0v) is 22.8. The van der Waals surface area contributed by atoms with Crippen LogP contribution < -0.4 is 5.32 Å². The highest BCUT2D eigenvalue weighted by atomic mass is 32.1. The summed E-state index contributed by atoms with van der Waals surface area (Å²) in [4.78, 5) is 27.3. The zero-order chi connectivity index (χ0) is 26.1. The molecule has 0 saturated heterocycles. The van der Waals surface area contributed by atoms with Crippen LogP contribution in [0.4, 0.5) is 5.00 Å². The average Bonchev–Trinajstić information content (AvgIpc) is 3.48. The highest BCUT2D eigenvalue weighted by Gasteiger charge is 2.25. The van der Waals surface area contributed by atoms with Crippen molar-refractivity contribution in [2.75, 3.05) is 12.4 Å². The first-order chi connectivity index (χ1) is 17.9. The molecule has 2 aromatic heterocycles. The molecule has 186 valence electrons.